The summed E-state index contributed by atoms with van der Waals surface area (Å²) in [5.41, 5.74) is 1.84. The number of rotatable bonds is 5. The molecule has 0 aliphatic rings. The maximum atomic E-state index is 5.89. The lowest BCUT2D eigenvalue weighted by atomic mass is 10.2. The maximum absolute atomic E-state index is 5.89. The Morgan fingerprint density at radius 1 is 0.960 bits per heavy atom. The lowest BCUT2D eigenvalue weighted by Crippen LogP contribution is -1.94. The molecule has 2 aromatic carbocycles. The molecule has 4 aromatic rings. The summed E-state index contributed by atoms with van der Waals surface area (Å²) in [7, 11) is 0. The summed E-state index contributed by atoms with van der Waals surface area (Å²) < 4.78 is 7.63. The molecule has 25 heavy (non-hydrogen) atoms. The first-order valence-electron chi connectivity index (χ1n) is 7.46. The van der Waals surface area contributed by atoms with Gasteiger partial charge >= 0.3 is 0 Å². The van der Waals surface area contributed by atoms with E-state index in [1.54, 1.807) is 18.5 Å². The first-order chi connectivity index (χ1) is 12.3. The first-order valence-corrected chi connectivity index (χ1v) is 8.82. The summed E-state index contributed by atoms with van der Waals surface area (Å²) >= 11 is 7.38. The van der Waals surface area contributed by atoms with E-state index < -0.39 is 0 Å². The molecule has 124 valence electrons. The van der Waals surface area contributed by atoms with E-state index in [9.17, 15) is 0 Å². The lowest BCUT2D eigenvalue weighted by Gasteiger charge is -2.04. The third kappa shape index (κ3) is 3.57. The number of para-hydroxylation sites is 1. The Bertz CT molecular complexity index is 968. The summed E-state index contributed by atoms with van der Waals surface area (Å²) in [6.45, 7) is 0. The molecule has 2 heterocycles. The summed E-state index contributed by atoms with van der Waals surface area (Å²) in [6, 6.07) is 17.2. The van der Waals surface area contributed by atoms with Gasteiger partial charge < -0.3 is 4.42 Å². The van der Waals surface area contributed by atoms with Crippen LogP contribution in [0.15, 0.2) is 70.5 Å². The highest BCUT2D eigenvalue weighted by Gasteiger charge is 2.12. The molecule has 0 amide bonds. The van der Waals surface area contributed by atoms with Gasteiger partial charge in [0.2, 0.25) is 11.8 Å². The molecule has 2 aromatic heterocycles. The fourth-order valence-electron chi connectivity index (χ4n) is 2.24. The van der Waals surface area contributed by atoms with Crippen molar-refractivity contribution in [2.45, 2.75) is 10.9 Å². The van der Waals surface area contributed by atoms with E-state index in [0.717, 1.165) is 16.4 Å². The lowest BCUT2D eigenvalue weighted by molar-refractivity contribution is 0.528. The SMILES string of the molecule is Clc1ccc(-c2nnc(CSc3nncn3-c3ccccc3)o2)cc1. The summed E-state index contributed by atoms with van der Waals surface area (Å²) in [4.78, 5) is 0. The number of hydrogen-bond acceptors (Lipinski definition) is 6. The van der Waals surface area contributed by atoms with Crippen molar-refractivity contribution in [2.75, 3.05) is 0 Å². The van der Waals surface area contributed by atoms with Crippen molar-refractivity contribution < 1.29 is 4.42 Å². The Hall–Kier alpha value is -2.64. The molecule has 0 spiro atoms. The van der Waals surface area contributed by atoms with E-state index in [1.165, 1.54) is 11.8 Å². The predicted octanol–water partition coefficient (Wildman–Crippen LogP) is 4.26. The first kappa shape index (κ1) is 15.9. The van der Waals surface area contributed by atoms with Crippen LogP contribution in [0.4, 0.5) is 0 Å². The van der Waals surface area contributed by atoms with Crippen molar-refractivity contribution in [3.8, 4) is 17.1 Å². The van der Waals surface area contributed by atoms with Gasteiger partial charge in [0, 0.05) is 16.3 Å². The zero-order valence-electron chi connectivity index (χ0n) is 12.9. The fraction of sp³-hybridized carbons (Fsp3) is 0.0588. The quantitative estimate of drug-likeness (QED) is 0.489. The van der Waals surface area contributed by atoms with Gasteiger partial charge in [-0.05, 0) is 36.4 Å². The van der Waals surface area contributed by atoms with Crippen LogP contribution in [-0.2, 0) is 5.75 Å². The van der Waals surface area contributed by atoms with Crippen molar-refractivity contribution in [2.24, 2.45) is 0 Å². The molecule has 0 aliphatic carbocycles. The Labute approximate surface area is 152 Å². The standard InChI is InChI=1S/C17H12ClN5OS/c18-13-8-6-12(7-9-13)16-21-20-15(24-16)10-25-17-22-19-11-23(17)14-4-2-1-3-5-14/h1-9,11H,10H2. The predicted molar refractivity (Wildman–Crippen MR) is 95.7 cm³/mol. The van der Waals surface area contributed by atoms with E-state index >= 15 is 0 Å². The minimum Gasteiger partial charge on any atom is -0.420 e. The Morgan fingerprint density at radius 3 is 2.56 bits per heavy atom. The monoisotopic (exact) mass is 369 g/mol. The van der Waals surface area contributed by atoms with Gasteiger partial charge in [-0.3, -0.25) is 4.57 Å². The summed E-state index contributed by atoms with van der Waals surface area (Å²) in [6.07, 6.45) is 1.69. The van der Waals surface area contributed by atoms with E-state index in [2.05, 4.69) is 20.4 Å². The highest BCUT2D eigenvalue weighted by atomic mass is 35.5. The summed E-state index contributed by atoms with van der Waals surface area (Å²) in [5.74, 6) is 1.50. The number of thioether (sulfide) groups is 1. The molecular formula is C17H12ClN5OS. The zero-order valence-corrected chi connectivity index (χ0v) is 14.5. The second kappa shape index (κ2) is 7.08. The molecule has 0 radical (unpaired) electrons. The zero-order chi connectivity index (χ0) is 17.1. The highest BCUT2D eigenvalue weighted by molar-refractivity contribution is 7.98. The van der Waals surface area contributed by atoms with E-state index in [4.69, 9.17) is 16.0 Å². The maximum Gasteiger partial charge on any atom is 0.247 e. The number of nitrogens with zero attached hydrogens (tertiary/aromatic N) is 5. The van der Waals surface area contributed by atoms with Gasteiger partial charge in [-0.15, -0.1) is 20.4 Å². The van der Waals surface area contributed by atoms with Gasteiger partial charge in [-0.2, -0.15) is 0 Å². The van der Waals surface area contributed by atoms with Crippen LogP contribution in [0.1, 0.15) is 5.89 Å². The molecule has 6 nitrogen and oxygen atoms in total. The van der Waals surface area contributed by atoms with Gasteiger partial charge in [0.25, 0.3) is 0 Å². The molecule has 0 saturated carbocycles. The minimum atomic E-state index is 0.469. The van der Waals surface area contributed by atoms with Crippen LogP contribution in [0.3, 0.4) is 0 Å². The van der Waals surface area contributed by atoms with Crippen molar-refractivity contribution in [1.82, 2.24) is 25.0 Å². The van der Waals surface area contributed by atoms with Crippen LogP contribution in [0, 0.1) is 0 Å². The molecular weight excluding hydrogens is 358 g/mol. The molecule has 0 aliphatic heterocycles. The van der Waals surface area contributed by atoms with Crippen LogP contribution in [0.2, 0.25) is 5.02 Å². The van der Waals surface area contributed by atoms with Gasteiger partial charge in [0.1, 0.15) is 6.33 Å². The van der Waals surface area contributed by atoms with Crippen molar-refractivity contribution in [3.05, 3.63) is 71.8 Å². The third-order valence-electron chi connectivity index (χ3n) is 3.43. The molecule has 0 saturated heterocycles. The Morgan fingerprint density at radius 2 is 1.76 bits per heavy atom. The van der Waals surface area contributed by atoms with Crippen LogP contribution in [0.25, 0.3) is 17.1 Å². The van der Waals surface area contributed by atoms with Crippen LogP contribution in [0.5, 0.6) is 0 Å². The van der Waals surface area contributed by atoms with Crippen LogP contribution >= 0.6 is 23.4 Å². The molecule has 4 rings (SSSR count). The summed E-state index contributed by atoms with van der Waals surface area (Å²) in [5, 5.41) is 17.7. The van der Waals surface area contributed by atoms with Crippen molar-refractivity contribution in [1.29, 1.82) is 0 Å². The van der Waals surface area contributed by atoms with Crippen molar-refractivity contribution >= 4 is 23.4 Å². The number of halogens is 1. The molecule has 0 unspecified atom stereocenters. The topological polar surface area (TPSA) is 69.6 Å². The smallest absolute Gasteiger partial charge is 0.247 e. The molecule has 0 bridgehead atoms. The Kier molecular flexibility index (Phi) is 4.49. The molecule has 0 fully saturated rings. The largest absolute Gasteiger partial charge is 0.420 e. The second-order valence-corrected chi connectivity index (χ2v) is 6.49. The van der Waals surface area contributed by atoms with Crippen LogP contribution < -0.4 is 0 Å². The van der Waals surface area contributed by atoms with E-state index in [-0.39, 0.29) is 0 Å². The molecule has 8 heteroatoms. The third-order valence-corrected chi connectivity index (χ3v) is 4.61. The average Bonchev–Trinajstić information content (AvgIpc) is 3.31. The van der Waals surface area contributed by atoms with Crippen LogP contribution in [-0.4, -0.2) is 25.0 Å². The average molecular weight is 370 g/mol. The number of hydrogen-bond donors (Lipinski definition) is 0. The Balaban J connectivity index is 1.48. The van der Waals surface area contributed by atoms with Gasteiger partial charge in [-0.1, -0.05) is 41.6 Å². The van der Waals surface area contributed by atoms with Gasteiger partial charge in [0.15, 0.2) is 5.16 Å². The number of aromatic nitrogens is 5. The molecule has 0 atom stereocenters. The van der Waals surface area contributed by atoms with Crippen molar-refractivity contribution in [3.63, 3.8) is 0 Å². The highest BCUT2D eigenvalue weighted by Crippen LogP contribution is 2.25. The van der Waals surface area contributed by atoms with Gasteiger partial charge in [0.05, 0.1) is 5.75 Å². The normalized spacial score (nSPS) is 10.9. The van der Waals surface area contributed by atoms with E-state index in [1.807, 2.05) is 47.0 Å². The fourth-order valence-corrected chi connectivity index (χ4v) is 3.13. The minimum absolute atomic E-state index is 0.469. The van der Waals surface area contributed by atoms with Gasteiger partial charge in [-0.25, -0.2) is 0 Å². The molecule has 0 N–H and O–H groups in total. The number of benzene rings is 2. The second-order valence-electron chi connectivity index (χ2n) is 5.12. The van der Waals surface area contributed by atoms with E-state index in [0.29, 0.717) is 22.6 Å².